The number of fused-ring (bicyclic) bond motifs is 1. The van der Waals surface area contributed by atoms with E-state index in [2.05, 4.69) is 22.0 Å². The zero-order valence-corrected chi connectivity index (χ0v) is 9.52. The minimum atomic E-state index is -0.00244. The number of aliphatic hydroxyl groups excluding tert-OH is 1. The average molecular weight is 268 g/mol. The summed E-state index contributed by atoms with van der Waals surface area (Å²) in [6, 6.07) is 7.82. The molecule has 1 aromatic carbocycles. The summed E-state index contributed by atoms with van der Waals surface area (Å²) < 4.78 is 1.82. The van der Waals surface area contributed by atoms with Crippen LogP contribution < -0.4 is 0 Å². The van der Waals surface area contributed by atoms with E-state index in [1.165, 1.54) is 11.3 Å². The summed E-state index contributed by atoms with van der Waals surface area (Å²) in [5, 5.41) is 18.9. The molecular weight excluding hydrogens is 262 g/mol. The van der Waals surface area contributed by atoms with E-state index >= 15 is 0 Å². The normalized spacial score (nSPS) is 10.4. The Morgan fingerprint density at radius 2 is 2.29 bits per heavy atom. The number of nitrogens with zero attached hydrogens (tertiary/aromatic N) is 1. The van der Waals surface area contributed by atoms with Gasteiger partial charge in [-0.3, -0.25) is 0 Å². The zero-order chi connectivity index (χ0) is 10.1. The van der Waals surface area contributed by atoms with Gasteiger partial charge in [-0.1, -0.05) is 12.1 Å². The van der Waals surface area contributed by atoms with Crippen molar-refractivity contribution in [3.8, 4) is 6.07 Å². The highest BCUT2D eigenvalue weighted by Crippen LogP contribution is 2.37. The van der Waals surface area contributed by atoms with Gasteiger partial charge in [-0.25, -0.2) is 0 Å². The standard InChI is InChI=1S/C10H6BrNOS/c11-10-8(4-12)14-7-3-1-2-6(5-13)9(7)10/h1-3,13H,5H2. The number of thiophene rings is 1. The maximum atomic E-state index is 9.14. The lowest BCUT2D eigenvalue weighted by molar-refractivity contribution is 0.283. The molecule has 14 heavy (non-hydrogen) atoms. The van der Waals surface area contributed by atoms with Crippen LogP contribution >= 0.6 is 27.3 Å². The summed E-state index contributed by atoms with van der Waals surface area (Å²) in [4.78, 5) is 0.654. The Bertz CT molecular complexity index is 527. The van der Waals surface area contributed by atoms with Gasteiger partial charge in [-0.15, -0.1) is 11.3 Å². The summed E-state index contributed by atoms with van der Waals surface area (Å²) in [6.07, 6.45) is 0. The molecule has 0 radical (unpaired) electrons. The van der Waals surface area contributed by atoms with Gasteiger partial charge in [0.2, 0.25) is 0 Å². The predicted molar refractivity (Wildman–Crippen MR) is 60.2 cm³/mol. The summed E-state index contributed by atoms with van der Waals surface area (Å²) >= 11 is 4.81. The van der Waals surface area contributed by atoms with E-state index < -0.39 is 0 Å². The van der Waals surface area contributed by atoms with Gasteiger partial charge in [0.1, 0.15) is 10.9 Å². The average Bonchev–Trinajstić information content (AvgIpc) is 2.55. The third-order valence-electron chi connectivity index (χ3n) is 2.02. The van der Waals surface area contributed by atoms with Crippen molar-refractivity contribution >= 4 is 37.4 Å². The number of aliphatic hydroxyl groups is 1. The summed E-state index contributed by atoms with van der Waals surface area (Å²) in [7, 11) is 0. The maximum absolute atomic E-state index is 9.14. The van der Waals surface area contributed by atoms with Crippen LogP contribution in [0, 0.1) is 11.3 Å². The fourth-order valence-corrected chi connectivity index (χ4v) is 3.25. The van der Waals surface area contributed by atoms with Gasteiger partial charge in [0.15, 0.2) is 0 Å². The van der Waals surface area contributed by atoms with Gasteiger partial charge in [-0.05, 0) is 27.6 Å². The van der Waals surface area contributed by atoms with Crippen LogP contribution in [0.25, 0.3) is 10.1 Å². The van der Waals surface area contributed by atoms with Crippen LogP contribution in [0.3, 0.4) is 0 Å². The molecule has 0 amide bonds. The molecular formula is C10H6BrNOS. The monoisotopic (exact) mass is 267 g/mol. The van der Waals surface area contributed by atoms with Crippen molar-refractivity contribution in [2.24, 2.45) is 0 Å². The van der Waals surface area contributed by atoms with Gasteiger partial charge in [-0.2, -0.15) is 5.26 Å². The minimum absolute atomic E-state index is 0.00244. The van der Waals surface area contributed by atoms with E-state index in [9.17, 15) is 0 Å². The smallest absolute Gasteiger partial charge is 0.120 e. The molecule has 0 atom stereocenters. The minimum Gasteiger partial charge on any atom is -0.392 e. The molecule has 0 spiro atoms. The molecule has 0 unspecified atom stereocenters. The number of benzene rings is 1. The van der Waals surface area contributed by atoms with Gasteiger partial charge in [0, 0.05) is 10.1 Å². The number of hydrogen-bond acceptors (Lipinski definition) is 3. The molecule has 0 aliphatic carbocycles. The molecule has 70 valence electrons. The van der Waals surface area contributed by atoms with Crippen molar-refractivity contribution in [2.75, 3.05) is 0 Å². The van der Waals surface area contributed by atoms with Crippen LogP contribution in [0.5, 0.6) is 0 Å². The Morgan fingerprint density at radius 3 is 2.93 bits per heavy atom. The van der Waals surface area contributed by atoms with Gasteiger partial charge in [0.25, 0.3) is 0 Å². The molecule has 2 rings (SSSR count). The molecule has 0 aliphatic heterocycles. The SMILES string of the molecule is N#Cc1sc2cccc(CO)c2c1Br. The second-order valence-electron chi connectivity index (χ2n) is 2.81. The molecule has 1 aromatic heterocycles. The predicted octanol–water partition coefficient (Wildman–Crippen LogP) is 3.03. The van der Waals surface area contributed by atoms with E-state index in [1.54, 1.807) is 0 Å². The Hall–Kier alpha value is -0.890. The van der Waals surface area contributed by atoms with Crippen LogP contribution in [-0.2, 0) is 6.61 Å². The van der Waals surface area contributed by atoms with Crippen molar-refractivity contribution in [3.05, 3.63) is 33.1 Å². The Balaban J connectivity index is 2.87. The molecule has 4 heteroatoms. The van der Waals surface area contributed by atoms with E-state index in [1.807, 2.05) is 18.2 Å². The van der Waals surface area contributed by atoms with E-state index in [4.69, 9.17) is 10.4 Å². The number of hydrogen-bond donors (Lipinski definition) is 1. The lowest BCUT2D eigenvalue weighted by atomic mass is 10.1. The number of rotatable bonds is 1. The highest BCUT2D eigenvalue weighted by molar-refractivity contribution is 9.10. The molecule has 1 N–H and O–H groups in total. The molecule has 1 heterocycles. The largest absolute Gasteiger partial charge is 0.392 e. The van der Waals surface area contributed by atoms with Gasteiger partial charge < -0.3 is 5.11 Å². The van der Waals surface area contributed by atoms with Gasteiger partial charge in [0.05, 0.1) is 11.1 Å². The maximum Gasteiger partial charge on any atom is 0.120 e. The number of nitriles is 1. The Labute approximate surface area is 93.5 Å². The van der Waals surface area contributed by atoms with Crippen LogP contribution in [0.15, 0.2) is 22.7 Å². The molecule has 2 aromatic rings. The van der Waals surface area contributed by atoms with Crippen molar-refractivity contribution in [2.45, 2.75) is 6.61 Å². The van der Waals surface area contributed by atoms with Crippen molar-refractivity contribution in [1.29, 1.82) is 5.26 Å². The fourth-order valence-electron chi connectivity index (χ4n) is 1.38. The highest BCUT2D eigenvalue weighted by Gasteiger charge is 2.11. The molecule has 0 fully saturated rings. The first-order valence-electron chi connectivity index (χ1n) is 3.98. The first-order chi connectivity index (χ1) is 6.77. The quantitative estimate of drug-likeness (QED) is 0.863. The Kier molecular flexibility index (Phi) is 2.55. The fraction of sp³-hybridized carbons (Fsp3) is 0.100. The summed E-state index contributed by atoms with van der Waals surface area (Å²) in [6.45, 7) is -0.00244. The second kappa shape index (κ2) is 3.70. The molecule has 0 saturated carbocycles. The van der Waals surface area contributed by atoms with Crippen LogP contribution in [0.4, 0.5) is 0 Å². The topological polar surface area (TPSA) is 44.0 Å². The molecule has 0 saturated heterocycles. The van der Waals surface area contributed by atoms with E-state index in [0.717, 1.165) is 20.1 Å². The highest BCUT2D eigenvalue weighted by atomic mass is 79.9. The van der Waals surface area contributed by atoms with Crippen LogP contribution in [0.2, 0.25) is 0 Å². The van der Waals surface area contributed by atoms with Crippen molar-refractivity contribution in [1.82, 2.24) is 0 Å². The van der Waals surface area contributed by atoms with Crippen LogP contribution in [-0.4, -0.2) is 5.11 Å². The lowest BCUT2D eigenvalue weighted by Gasteiger charge is -1.98. The molecule has 0 aliphatic rings. The summed E-state index contributed by atoms with van der Waals surface area (Å²) in [5.74, 6) is 0. The first-order valence-corrected chi connectivity index (χ1v) is 5.59. The van der Waals surface area contributed by atoms with Crippen LogP contribution in [0.1, 0.15) is 10.4 Å². The third kappa shape index (κ3) is 1.34. The molecule has 0 bridgehead atoms. The zero-order valence-electron chi connectivity index (χ0n) is 7.12. The van der Waals surface area contributed by atoms with E-state index in [0.29, 0.717) is 4.88 Å². The van der Waals surface area contributed by atoms with Gasteiger partial charge >= 0.3 is 0 Å². The second-order valence-corrected chi connectivity index (χ2v) is 4.65. The van der Waals surface area contributed by atoms with E-state index in [-0.39, 0.29) is 6.61 Å². The third-order valence-corrected chi connectivity index (χ3v) is 4.13. The Morgan fingerprint density at radius 1 is 1.50 bits per heavy atom. The lowest BCUT2D eigenvalue weighted by Crippen LogP contribution is -1.82. The molecule has 2 nitrogen and oxygen atoms in total. The summed E-state index contributed by atoms with van der Waals surface area (Å²) in [5.41, 5.74) is 0.854. The first kappa shape index (κ1) is 9.66. The number of halogens is 1. The van der Waals surface area contributed by atoms with Crippen molar-refractivity contribution in [3.63, 3.8) is 0 Å². The van der Waals surface area contributed by atoms with Crippen molar-refractivity contribution < 1.29 is 5.11 Å².